The van der Waals surface area contributed by atoms with Crippen molar-refractivity contribution in [2.45, 2.75) is 13.2 Å². The molecule has 0 atom stereocenters. The van der Waals surface area contributed by atoms with Crippen molar-refractivity contribution in [2.75, 3.05) is 19.1 Å². The molecule has 0 unspecified atom stereocenters. The van der Waals surface area contributed by atoms with Crippen molar-refractivity contribution in [3.63, 3.8) is 0 Å². The summed E-state index contributed by atoms with van der Waals surface area (Å²) < 4.78 is 28.2. The fraction of sp³-hybridized carbons (Fsp3) is 0.625. The first-order valence-electron chi connectivity index (χ1n) is 4.20. The zero-order chi connectivity index (χ0) is 10.6. The Bertz CT molecular complexity index is 383. The summed E-state index contributed by atoms with van der Waals surface area (Å²) in [4.78, 5) is 0. The minimum atomic E-state index is -2.92. The summed E-state index contributed by atoms with van der Waals surface area (Å²) in [5.41, 5.74) is 0.806. The molecule has 1 aromatic heterocycles. The summed E-state index contributed by atoms with van der Waals surface area (Å²) in [7, 11) is -1.32. The van der Waals surface area contributed by atoms with Gasteiger partial charge in [-0.15, -0.1) is 0 Å². The lowest BCUT2D eigenvalue weighted by molar-refractivity contribution is 0.180. The van der Waals surface area contributed by atoms with Gasteiger partial charge in [-0.1, -0.05) is 0 Å². The molecule has 0 fully saturated rings. The zero-order valence-electron chi connectivity index (χ0n) is 8.30. The third-order valence-corrected chi connectivity index (χ3v) is 2.60. The van der Waals surface area contributed by atoms with Crippen molar-refractivity contribution in [2.24, 2.45) is 0 Å². The number of aromatic nitrogens is 2. The summed E-state index contributed by atoms with van der Waals surface area (Å²) in [6.07, 6.45) is 2.96. The Morgan fingerprint density at radius 3 is 2.86 bits per heavy atom. The molecule has 0 saturated heterocycles. The van der Waals surface area contributed by atoms with E-state index in [2.05, 4.69) is 5.10 Å². The van der Waals surface area contributed by atoms with E-state index in [1.165, 1.54) is 6.26 Å². The molecule has 0 aliphatic heterocycles. The highest BCUT2D eigenvalue weighted by molar-refractivity contribution is 7.90. The summed E-state index contributed by atoms with van der Waals surface area (Å²) in [5.74, 6) is 0.112. The molecule has 0 radical (unpaired) electrons. The number of sulfone groups is 1. The lowest BCUT2D eigenvalue weighted by Gasteiger charge is -1.99. The van der Waals surface area contributed by atoms with E-state index in [-0.39, 0.29) is 5.75 Å². The van der Waals surface area contributed by atoms with Gasteiger partial charge in [-0.3, -0.25) is 4.68 Å². The summed E-state index contributed by atoms with van der Waals surface area (Å²) in [6, 6.07) is 1.81. The molecule has 6 heteroatoms. The number of hydrogen-bond acceptors (Lipinski definition) is 4. The fourth-order valence-corrected chi connectivity index (χ4v) is 1.53. The number of aryl methyl sites for hydroxylation is 1. The predicted molar refractivity (Wildman–Crippen MR) is 52.7 cm³/mol. The third-order valence-electron chi connectivity index (χ3n) is 1.68. The van der Waals surface area contributed by atoms with Gasteiger partial charge in [0.2, 0.25) is 0 Å². The maximum Gasteiger partial charge on any atom is 0.149 e. The Morgan fingerprint density at radius 1 is 1.57 bits per heavy atom. The monoisotopic (exact) mass is 218 g/mol. The average molecular weight is 218 g/mol. The van der Waals surface area contributed by atoms with Crippen LogP contribution in [0.25, 0.3) is 0 Å². The van der Waals surface area contributed by atoms with Crippen LogP contribution in [-0.4, -0.2) is 37.3 Å². The minimum Gasteiger partial charge on any atom is -0.378 e. The average Bonchev–Trinajstić information content (AvgIpc) is 2.49. The fourth-order valence-electron chi connectivity index (χ4n) is 1.01. The largest absolute Gasteiger partial charge is 0.378 e. The smallest absolute Gasteiger partial charge is 0.149 e. The second-order valence-corrected chi connectivity index (χ2v) is 5.39. The third kappa shape index (κ3) is 3.89. The molecule has 80 valence electrons. The van der Waals surface area contributed by atoms with Crippen LogP contribution < -0.4 is 0 Å². The van der Waals surface area contributed by atoms with Gasteiger partial charge in [-0.2, -0.15) is 5.10 Å². The number of methoxy groups -OCH3 is 1. The molecule has 0 N–H and O–H groups in total. The molecule has 0 bridgehead atoms. The quantitative estimate of drug-likeness (QED) is 0.702. The first-order chi connectivity index (χ1) is 6.51. The molecule has 14 heavy (non-hydrogen) atoms. The molecule has 5 nitrogen and oxygen atoms in total. The summed E-state index contributed by atoms with van der Waals surface area (Å²) in [6.45, 7) is 0.842. The molecule has 1 heterocycles. The lowest BCUT2D eigenvalue weighted by atomic mass is 10.5. The van der Waals surface area contributed by atoms with Crippen LogP contribution in [0.15, 0.2) is 12.3 Å². The highest BCUT2D eigenvalue weighted by Crippen LogP contribution is 1.97. The minimum absolute atomic E-state index is 0.112. The van der Waals surface area contributed by atoms with Crippen LogP contribution in [0.2, 0.25) is 0 Å². The Balaban J connectivity index is 2.52. The van der Waals surface area contributed by atoms with Crippen LogP contribution in [0.1, 0.15) is 5.69 Å². The molecular formula is C8H14N2O3S. The van der Waals surface area contributed by atoms with Crippen molar-refractivity contribution in [3.05, 3.63) is 18.0 Å². The first-order valence-corrected chi connectivity index (χ1v) is 6.26. The molecule has 1 rings (SSSR count). The van der Waals surface area contributed by atoms with Crippen molar-refractivity contribution in [1.82, 2.24) is 9.78 Å². The van der Waals surface area contributed by atoms with E-state index in [9.17, 15) is 8.42 Å². The van der Waals surface area contributed by atoms with Crippen LogP contribution in [0.4, 0.5) is 0 Å². The topological polar surface area (TPSA) is 61.2 Å². The van der Waals surface area contributed by atoms with Gasteiger partial charge in [0, 0.05) is 19.6 Å². The van der Waals surface area contributed by atoms with Crippen molar-refractivity contribution >= 4 is 9.84 Å². The molecule has 0 amide bonds. The van der Waals surface area contributed by atoms with Gasteiger partial charge in [0.25, 0.3) is 0 Å². The standard InChI is InChI=1S/C8H14N2O3S/c1-13-7-8-3-4-10(9-8)5-6-14(2,11)12/h3-4H,5-7H2,1-2H3. The van der Waals surface area contributed by atoms with Crippen molar-refractivity contribution in [3.8, 4) is 0 Å². The SMILES string of the molecule is COCc1ccn(CCS(C)(=O)=O)n1. The van der Waals surface area contributed by atoms with E-state index in [0.717, 1.165) is 5.69 Å². The van der Waals surface area contributed by atoms with E-state index in [0.29, 0.717) is 13.2 Å². The second-order valence-electron chi connectivity index (χ2n) is 3.13. The van der Waals surface area contributed by atoms with Gasteiger partial charge in [0.15, 0.2) is 0 Å². The normalized spacial score (nSPS) is 11.9. The molecule has 0 saturated carbocycles. The van der Waals surface area contributed by atoms with E-state index >= 15 is 0 Å². The highest BCUT2D eigenvalue weighted by Gasteiger charge is 2.03. The van der Waals surface area contributed by atoms with Crippen LogP contribution in [0, 0.1) is 0 Å². The van der Waals surface area contributed by atoms with E-state index in [1.807, 2.05) is 6.07 Å². The number of hydrogen-bond donors (Lipinski definition) is 0. The predicted octanol–water partition coefficient (Wildman–Crippen LogP) is 0.0741. The van der Waals surface area contributed by atoms with Gasteiger partial charge in [-0.25, -0.2) is 8.42 Å². The molecule has 0 aliphatic rings. The lowest BCUT2D eigenvalue weighted by Crippen LogP contribution is -2.11. The van der Waals surface area contributed by atoms with Crippen LogP contribution in [0.3, 0.4) is 0 Å². The summed E-state index contributed by atoms with van der Waals surface area (Å²) >= 11 is 0. The van der Waals surface area contributed by atoms with E-state index in [1.54, 1.807) is 18.0 Å². The van der Waals surface area contributed by atoms with Crippen LogP contribution in [-0.2, 0) is 27.7 Å². The zero-order valence-corrected chi connectivity index (χ0v) is 9.12. The van der Waals surface area contributed by atoms with Gasteiger partial charge in [0.1, 0.15) is 9.84 Å². The maximum atomic E-state index is 10.9. The van der Waals surface area contributed by atoms with E-state index in [4.69, 9.17) is 4.74 Å². The first kappa shape index (κ1) is 11.2. The Kier molecular flexibility index (Phi) is 3.65. The molecule has 0 aliphatic carbocycles. The van der Waals surface area contributed by atoms with Gasteiger partial charge in [-0.05, 0) is 6.07 Å². The molecule has 1 aromatic rings. The molecule has 0 aromatic carbocycles. The highest BCUT2D eigenvalue weighted by atomic mass is 32.2. The molecular weight excluding hydrogens is 204 g/mol. The van der Waals surface area contributed by atoms with Crippen molar-refractivity contribution in [1.29, 1.82) is 0 Å². The van der Waals surface area contributed by atoms with Crippen molar-refractivity contribution < 1.29 is 13.2 Å². The Labute approximate surface area is 83.6 Å². The van der Waals surface area contributed by atoms with Gasteiger partial charge in [0.05, 0.1) is 24.6 Å². The van der Waals surface area contributed by atoms with Gasteiger partial charge < -0.3 is 4.74 Å². The van der Waals surface area contributed by atoms with Crippen LogP contribution in [0.5, 0.6) is 0 Å². The van der Waals surface area contributed by atoms with E-state index < -0.39 is 9.84 Å². The number of rotatable bonds is 5. The van der Waals surface area contributed by atoms with Gasteiger partial charge >= 0.3 is 0 Å². The Morgan fingerprint density at radius 2 is 2.29 bits per heavy atom. The summed E-state index contributed by atoms with van der Waals surface area (Å²) in [5, 5.41) is 4.13. The van der Waals surface area contributed by atoms with Crippen LogP contribution >= 0.6 is 0 Å². The number of nitrogens with zero attached hydrogens (tertiary/aromatic N) is 2. The number of ether oxygens (including phenoxy) is 1. The second kappa shape index (κ2) is 4.56. The Hall–Kier alpha value is -0.880. The molecule has 0 spiro atoms. The maximum absolute atomic E-state index is 10.9.